The number of aliphatic hydroxyl groups excluding tert-OH is 1. The minimum atomic E-state index is -0.128. The predicted octanol–water partition coefficient (Wildman–Crippen LogP) is 2.88. The van der Waals surface area contributed by atoms with Gasteiger partial charge in [0.2, 0.25) is 0 Å². The first kappa shape index (κ1) is 18.9. The molecule has 3 heteroatoms. The molecule has 0 aliphatic rings. The van der Waals surface area contributed by atoms with Gasteiger partial charge in [-0.25, -0.2) is 0 Å². The molecule has 0 saturated heterocycles. The van der Waals surface area contributed by atoms with Crippen molar-refractivity contribution in [2.24, 2.45) is 5.41 Å². The molecule has 0 heterocycles. The van der Waals surface area contributed by atoms with Crippen LogP contribution in [0.3, 0.4) is 0 Å². The van der Waals surface area contributed by atoms with Gasteiger partial charge in [-0.15, -0.1) is 0 Å². The molecule has 2 N–H and O–H groups in total. The second-order valence-corrected chi connectivity index (χ2v) is 7.77. The van der Waals surface area contributed by atoms with Crippen LogP contribution in [0.15, 0.2) is 0 Å². The summed E-state index contributed by atoms with van der Waals surface area (Å²) in [4.78, 5) is 2.41. The molecule has 0 aliphatic carbocycles. The zero-order valence-corrected chi connectivity index (χ0v) is 14.2. The molecular formula is C16H36N2O. The average molecular weight is 272 g/mol. The van der Waals surface area contributed by atoms with Crippen LogP contribution in [-0.2, 0) is 0 Å². The molecule has 0 saturated carbocycles. The third-order valence-electron chi connectivity index (χ3n) is 3.25. The van der Waals surface area contributed by atoms with Crippen LogP contribution < -0.4 is 5.32 Å². The number of hydrogen-bond acceptors (Lipinski definition) is 3. The van der Waals surface area contributed by atoms with E-state index >= 15 is 0 Å². The molecule has 0 amide bonds. The minimum Gasteiger partial charge on any atom is -0.394 e. The van der Waals surface area contributed by atoms with Gasteiger partial charge >= 0.3 is 0 Å². The lowest BCUT2D eigenvalue weighted by Crippen LogP contribution is -2.49. The van der Waals surface area contributed by atoms with E-state index in [0.29, 0.717) is 11.5 Å². The van der Waals surface area contributed by atoms with E-state index in [-0.39, 0.29) is 12.1 Å². The van der Waals surface area contributed by atoms with Crippen LogP contribution in [0, 0.1) is 5.41 Å². The van der Waals surface area contributed by atoms with Crippen molar-refractivity contribution in [3.05, 3.63) is 0 Å². The molecular weight excluding hydrogens is 236 g/mol. The van der Waals surface area contributed by atoms with Crippen LogP contribution in [0.2, 0.25) is 0 Å². The molecule has 116 valence electrons. The van der Waals surface area contributed by atoms with Gasteiger partial charge in [-0.05, 0) is 38.8 Å². The molecule has 0 spiro atoms. The van der Waals surface area contributed by atoms with Gasteiger partial charge in [0.15, 0.2) is 0 Å². The SMILES string of the molecule is CC(C)NC(C)(CO)CCCCN(C)CC(C)(C)C. The number of nitrogens with zero attached hydrogens (tertiary/aromatic N) is 1. The summed E-state index contributed by atoms with van der Waals surface area (Å²) in [5.41, 5.74) is 0.240. The first-order chi connectivity index (χ1) is 8.58. The van der Waals surface area contributed by atoms with Crippen LogP contribution in [-0.4, -0.2) is 48.3 Å². The quantitative estimate of drug-likeness (QED) is 0.634. The van der Waals surface area contributed by atoms with E-state index in [2.05, 4.69) is 58.8 Å². The third-order valence-corrected chi connectivity index (χ3v) is 3.25. The van der Waals surface area contributed by atoms with Gasteiger partial charge in [-0.3, -0.25) is 0 Å². The van der Waals surface area contributed by atoms with E-state index in [9.17, 15) is 5.11 Å². The van der Waals surface area contributed by atoms with E-state index in [1.54, 1.807) is 0 Å². The van der Waals surface area contributed by atoms with Gasteiger partial charge in [0.25, 0.3) is 0 Å². The Hall–Kier alpha value is -0.120. The maximum absolute atomic E-state index is 9.52. The summed E-state index contributed by atoms with van der Waals surface area (Å²) in [7, 11) is 2.20. The first-order valence-corrected chi connectivity index (χ1v) is 7.65. The highest BCUT2D eigenvalue weighted by molar-refractivity contribution is 4.83. The van der Waals surface area contributed by atoms with Crippen molar-refractivity contribution in [1.82, 2.24) is 10.2 Å². The molecule has 0 aliphatic heterocycles. The van der Waals surface area contributed by atoms with Crippen LogP contribution in [0.1, 0.15) is 60.8 Å². The largest absolute Gasteiger partial charge is 0.394 e. The third kappa shape index (κ3) is 10.3. The highest BCUT2D eigenvalue weighted by Crippen LogP contribution is 2.17. The number of nitrogens with one attached hydrogen (secondary N) is 1. The molecule has 0 aromatic carbocycles. The first-order valence-electron chi connectivity index (χ1n) is 7.65. The predicted molar refractivity (Wildman–Crippen MR) is 84.6 cm³/mol. The van der Waals surface area contributed by atoms with Crippen LogP contribution in [0.25, 0.3) is 0 Å². The molecule has 1 atom stereocenters. The minimum absolute atomic E-state index is 0.128. The molecule has 0 fully saturated rings. The molecule has 0 rings (SSSR count). The molecule has 0 aromatic heterocycles. The standard InChI is InChI=1S/C16H36N2O/c1-14(2)17-16(6,13-19)10-8-9-11-18(7)12-15(3,4)5/h14,17,19H,8-13H2,1-7H3. The maximum Gasteiger partial charge on any atom is 0.0610 e. The van der Waals surface area contributed by atoms with Crippen molar-refractivity contribution in [3.8, 4) is 0 Å². The monoisotopic (exact) mass is 272 g/mol. The topological polar surface area (TPSA) is 35.5 Å². The van der Waals surface area contributed by atoms with Crippen LogP contribution in [0.5, 0.6) is 0 Å². The number of hydrogen-bond donors (Lipinski definition) is 2. The second-order valence-electron chi connectivity index (χ2n) is 7.77. The highest BCUT2D eigenvalue weighted by Gasteiger charge is 2.23. The Morgan fingerprint density at radius 3 is 2.11 bits per heavy atom. The van der Waals surface area contributed by atoms with Gasteiger partial charge in [0.05, 0.1) is 6.61 Å². The highest BCUT2D eigenvalue weighted by atomic mass is 16.3. The van der Waals surface area contributed by atoms with Gasteiger partial charge in [-0.1, -0.05) is 41.0 Å². The molecule has 3 nitrogen and oxygen atoms in total. The zero-order valence-electron chi connectivity index (χ0n) is 14.2. The van der Waals surface area contributed by atoms with E-state index in [4.69, 9.17) is 0 Å². The van der Waals surface area contributed by atoms with Crippen molar-refractivity contribution >= 4 is 0 Å². The lowest BCUT2D eigenvalue weighted by atomic mass is 9.94. The lowest BCUT2D eigenvalue weighted by molar-refractivity contribution is 0.151. The normalized spacial score (nSPS) is 16.1. The van der Waals surface area contributed by atoms with Gasteiger partial charge in [0, 0.05) is 18.1 Å². The van der Waals surface area contributed by atoms with Gasteiger partial charge < -0.3 is 15.3 Å². The Kier molecular flexibility index (Phi) is 8.18. The van der Waals surface area contributed by atoms with Crippen molar-refractivity contribution < 1.29 is 5.11 Å². The molecule has 0 aromatic rings. The summed E-state index contributed by atoms with van der Waals surface area (Å²) in [6.45, 7) is 15.7. The van der Waals surface area contributed by atoms with Gasteiger partial charge in [-0.2, -0.15) is 0 Å². The summed E-state index contributed by atoms with van der Waals surface area (Å²) in [6, 6.07) is 0.417. The number of aliphatic hydroxyl groups is 1. The average Bonchev–Trinajstić information content (AvgIpc) is 2.21. The number of unbranched alkanes of at least 4 members (excludes halogenated alkanes) is 1. The summed E-state index contributed by atoms with van der Waals surface area (Å²) in [6.07, 6.45) is 3.39. The summed E-state index contributed by atoms with van der Waals surface area (Å²) < 4.78 is 0. The smallest absolute Gasteiger partial charge is 0.0610 e. The van der Waals surface area contributed by atoms with Crippen molar-refractivity contribution in [2.45, 2.75) is 72.4 Å². The van der Waals surface area contributed by atoms with E-state index in [1.165, 1.54) is 6.42 Å². The zero-order chi connectivity index (χ0) is 15.1. The Labute approximate surface area is 120 Å². The van der Waals surface area contributed by atoms with E-state index < -0.39 is 0 Å². The van der Waals surface area contributed by atoms with E-state index in [1.807, 2.05) is 0 Å². The van der Waals surface area contributed by atoms with E-state index in [0.717, 1.165) is 25.9 Å². The molecule has 0 bridgehead atoms. The van der Waals surface area contributed by atoms with Crippen molar-refractivity contribution in [1.29, 1.82) is 0 Å². The second kappa shape index (κ2) is 8.23. The molecule has 0 radical (unpaired) electrons. The summed E-state index contributed by atoms with van der Waals surface area (Å²) in [5, 5.41) is 13.0. The van der Waals surface area contributed by atoms with Crippen LogP contribution in [0.4, 0.5) is 0 Å². The lowest BCUT2D eigenvalue weighted by Gasteiger charge is -2.32. The van der Waals surface area contributed by atoms with Crippen LogP contribution >= 0.6 is 0 Å². The summed E-state index contributed by atoms with van der Waals surface area (Å²) >= 11 is 0. The Balaban J connectivity index is 3.89. The Morgan fingerprint density at radius 1 is 1.11 bits per heavy atom. The van der Waals surface area contributed by atoms with Crippen molar-refractivity contribution in [2.75, 3.05) is 26.7 Å². The fourth-order valence-corrected chi connectivity index (χ4v) is 2.68. The molecule has 19 heavy (non-hydrogen) atoms. The Bertz CT molecular complexity index is 235. The number of rotatable bonds is 9. The molecule has 1 unspecified atom stereocenters. The van der Waals surface area contributed by atoms with Crippen molar-refractivity contribution in [3.63, 3.8) is 0 Å². The summed E-state index contributed by atoms with van der Waals surface area (Å²) in [5.74, 6) is 0. The fraction of sp³-hybridized carbons (Fsp3) is 1.00. The maximum atomic E-state index is 9.52. The van der Waals surface area contributed by atoms with Gasteiger partial charge in [0.1, 0.15) is 0 Å². The Morgan fingerprint density at radius 2 is 1.68 bits per heavy atom. The fourth-order valence-electron chi connectivity index (χ4n) is 2.68.